The Bertz CT molecular complexity index is 720. The van der Waals surface area contributed by atoms with Crippen molar-refractivity contribution in [1.82, 2.24) is 9.88 Å². The number of hydrogen-bond donors (Lipinski definition) is 0. The van der Waals surface area contributed by atoms with E-state index in [4.69, 9.17) is 0 Å². The summed E-state index contributed by atoms with van der Waals surface area (Å²) in [6.07, 6.45) is 3.70. The molecule has 27 heavy (non-hydrogen) atoms. The molecule has 1 saturated heterocycles. The molecule has 0 N–H and O–H groups in total. The Morgan fingerprint density at radius 3 is 2.30 bits per heavy atom. The lowest BCUT2D eigenvalue weighted by atomic mass is 10.0. The maximum atomic E-state index is 12.8. The summed E-state index contributed by atoms with van der Waals surface area (Å²) in [6.45, 7) is 7.64. The molecule has 1 aliphatic rings. The van der Waals surface area contributed by atoms with Crippen LogP contribution >= 0.6 is 0 Å². The molecule has 5 nitrogen and oxygen atoms in total. The maximum Gasteiger partial charge on any atom is 0.255 e. The first-order valence-electron chi connectivity index (χ1n) is 9.92. The first-order valence-corrected chi connectivity index (χ1v) is 9.92. The van der Waals surface area contributed by atoms with Crippen molar-refractivity contribution < 1.29 is 4.79 Å². The molecule has 0 unspecified atom stereocenters. The number of carbonyl (C=O) groups is 1. The average Bonchev–Trinajstić information content (AvgIpc) is 2.75. The third kappa shape index (κ3) is 4.41. The van der Waals surface area contributed by atoms with E-state index in [1.165, 1.54) is 5.69 Å². The van der Waals surface area contributed by atoms with Gasteiger partial charge in [0.2, 0.25) is 0 Å². The summed E-state index contributed by atoms with van der Waals surface area (Å²) in [5, 5.41) is 0. The summed E-state index contributed by atoms with van der Waals surface area (Å²) in [5.41, 5.74) is 1.92. The lowest BCUT2D eigenvalue weighted by Crippen LogP contribution is -2.45. The van der Waals surface area contributed by atoms with Gasteiger partial charge in [-0.1, -0.05) is 18.2 Å². The van der Waals surface area contributed by atoms with Gasteiger partial charge in [0, 0.05) is 51.2 Å². The quantitative estimate of drug-likeness (QED) is 0.782. The molecule has 2 heterocycles. The molecule has 0 atom stereocenters. The smallest absolute Gasteiger partial charge is 0.255 e. The number of carbonyl (C=O) groups excluding carboxylic acids is 1. The molecule has 1 fully saturated rings. The number of amides is 1. The number of pyridine rings is 1. The fraction of sp³-hybridized carbons (Fsp3) is 0.455. The van der Waals surface area contributed by atoms with Crippen LogP contribution in [-0.2, 0) is 0 Å². The highest BCUT2D eigenvalue weighted by atomic mass is 16.2. The molecule has 2 aromatic rings. The molecule has 0 saturated carbocycles. The monoisotopic (exact) mass is 366 g/mol. The Morgan fingerprint density at radius 2 is 1.74 bits per heavy atom. The van der Waals surface area contributed by atoms with Gasteiger partial charge in [-0.2, -0.15) is 0 Å². The molecule has 1 aromatic heterocycles. The number of para-hydroxylation sites is 1. The summed E-state index contributed by atoms with van der Waals surface area (Å²) >= 11 is 0. The van der Waals surface area contributed by atoms with E-state index in [1.54, 1.807) is 6.20 Å². The molecule has 1 aliphatic heterocycles. The number of nitrogens with zero attached hydrogens (tertiary/aromatic N) is 4. The van der Waals surface area contributed by atoms with Crippen molar-refractivity contribution in [1.29, 1.82) is 0 Å². The Balaban J connectivity index is 1.58. The Morgan fingerprint density at radius 1 is 1.07 bits per heavy atom. The van der Waals surface area contributed by atoms with Crippen LogP contribution in [0.4, 0.5) is 11.5 Å². The van der Waals surface area contributed by atoms with Gasteiger partial charge in [0.1, 0.15) is 5.82 Å². The van der Waals surface area contributed by atoms with Gasteiger partial charge in [-0.15, -0.1) is 0 Å². The molecule has 3 rings (SSSR count). The normalized spacial score (nSPS) is 14.9. The molecule has 0 radical (unpaired) electrons. The van der Waals surface area contributed by atoms with E-state index in [0.717, 1.165) is 44.8 Å². The van der Waals surface area contributed by atoms with E-state index in [2.05, 4.69) is 59.9 Å². The third-order valence-corrected chi connectivity index (χ3v) is 5.55. The van der Waals surface area contributed by atoms with E-state index in [-0.39, 0.29) is 5.91 Å². The predicted molar refractivity (Wildman–Crippen MR) is 112 cm³/mol. The van der Waals surface area contributed by atoms with Crippen molar-refractivity contribution in [2.24, 2.45) is 0 Å². The first kappa shape index (κ1) is 19.2. The number of benzene rings is 1. The summed E-state index contributed by atoms with van der Waals surface area (Å²) in [4.78, 5) is 23.8. The second kappa shape index (κ2) is 8.89. The maximum absolute atomic E-state index is 12.8. The zero-order valence-electron chi connectivity index (χ0n) is 16.6. The van der Waals surface area contributed by atoms with Gasteiger partial charge >= 0.3 is 0 Å². The van der Waals surface area contributed by atoms with Crippen molar-refractivity contribution in [3.05, 3.63) is 54.2 Å². The third-order valence-electron chi connectivity index (χ3n) is 5.55. The highest BCUT2D eigenvalue weighted by Crippen LogP contribution is 2.23. The van der Waals surface area contributed by atoms with Crippen LogP contribution in [0.3, 0.4) is 0 Å². The number of rotatable bonds is 6. The minimum atomic E-state index is 0.0920. The van der Waals surface area contributed by atoms with Crippen LogP contribution in [0.25, 0.3) is 0 Å². The van der Waals surface area contributed by atoms with Crippen LogP contribution in [0.2, 0.25) is 0 Å². The molecule has 0 bridgehead atoms. The second-order valence-corrected chi connectivity index (χ2v) is 7.05. The Labute approximate surface area is 162 Å². The van der Waals surface area contributed by atoms with Crippen LogP contribution < -0.4 is 9.80 Å². The molecule has 0 aliphatic carbocycles. The Kier molecular flexibility index (Phi) is 6.32. The molecule has 1 aromatic carbocycles. The summed E-state index contributed by atoms with van der Waals surface area (Å²) in [5.74, 6) is 1.02. The van der Waals surface area contributed by atoms with Crippen LogP contribution in [-0.4, -0.2) is 55.1 Å². The van der Waals surface area contributed by atoms with Gasteiger partial charge in [-0.3, -0.25) is 4.79 Å². The van der Waals surface area contributed by atoms with Gasteiger partial charge in [0.25, 0.3) is 5.91 Å². The summed E-state index contributed by atoms with van der Waals surface area (Å²) < 4.78 is 0. The van der Waals surface area contributed by atoms with Crippen molar-refractivity contribution in [2.45, 2.75) is 32.7 Å². The van der Waals surface area contributed by atoms with Crippen LogP contribution in [0.1, 0.15) is 37.0 Å². The molecule has 1 amide bonds. The molecule has 144 valence electrons. The number of hydrogen-bond acceptors (Lipinski definition) is 4. The topological polar surface area (TPSA) is 39.7 Å². The van der Waals surface area contributed by atoms with E-state index in [1.807, 2.05) is 23.1 Å². The van der Waals surface area contributed by atoms with Gasteiger partial charge in [0.15, 0.2) is 0 Å². The Hall–Kier alpha value is -2.56. The van der Waals surface area contributed by atoms with Crippen molar-refractivity contribution >= 4 is 17.4 Å². The van der Waals surface area contributed by atoms with Crippen LogP contribution in [0.15, 0.2) is 48.7 Å². The highest BCUT2D eigenvalue weighted by molar-refractivity contribution is 5.94. The van der Waals surface area contributed by atoms with Gasteiger partial charge in [-0.05, 0) is 51.0 Å². The van der Waals surface area contributed by atoms with E-state index in [0.29, 0.717) is 11.6 Å². The van der Waals surface area contributed by atoms with Crippen molar-refractivity contribution in [2.75, 3.05) is 43.0 Å². The van der Waals surface area contributed by atoms with Crippen molar-refractivity contribution in [3.63, 3.8) is 0 Å². The first-order chi connectivity index (χ1) is 13.1. The van der Waals surface area contributed by atoms with E-state index < -0.39 is 0 Å². The average molecular weight is 367 g/mol. The lowest BCUT2D eigenvalue weighted by molar-refractivity contribution is 0.0713. The molecule has 5 heteroatoms. The number of likely N-dealkylation sites (tertiary alicyclic amines) is 1. The molecular weight excluding hydrogens is 336 g/mol. The standard InChI is InChI=1S/C22H30N4O/c1-4-25(5-2)21-12-11-18(17-23-21)22(27)26-15-13-20(14-16-26)24(3)19-9-7-6-8-10-19/h6-12,17,20H,4-5,13-16H2,1-3H3. The summed E-state index contributed by atoms with van der Waals surface area (Å²) in [7, 11) is 2.15. The van der Waals surface area contributed by atoms with Gasteiger partial charge < -0.3 is 14.7 Å². The van der Waals surface area contributed by atoms with Crippen molar-refractivity contribution in [3.8, 4) is 0 Å². The summed E-state index contributed by atoms with van der Waals surface area (Å²) in [6, 6.07) is 14.8. The fourth-order valence-electron chi connectivity index (χ4n) is 3.76. The van der Waals surface area contributed by atoms with Crippen LogP contribution in [0.5, 0.6) is 0 Å². The minimum Gasteiger partial charge on any atom is -0.371 e. The fourth-order valence-corrected chi connectivity index (χ4v) is 3.76. The van der Waals surface area contributed by atoms with Crippen LogP contribution in [0, 0.1) is 0 Å². The lowest BCUT2D eigenvalue weighted by Gasteiger charge is -2.38. The largest absolute Gasteiger partial charge is 0.371 e. The molecular formula is C22H30N4O. The SMILES string of the molecule is CCN(CC)c1ccc(C(=O)N2CCC(N(C)c3ccccc3)CC2)cn1. The predicted octanol–water partition coefficient (Wildman–Crippen LogP) is 3.67. The van der Waals surface area contributed by atoms with E-state index in [9.17, 15) is 4.79 Å². The minimum absolute atomic E-state index is 0.0920. The van der Waals surface area contributed by atoms with Gasteiger partial charge in [0.05, 0.1) is 5.56 Å². The number of anilines is 2. The highest BCUT2D eigenvalue weighted by Gasteiger charge is 2.26. The second-order valence-electron chi connectivity index (χ2n) is 7.05. The zero-order chi connectivity index (χ0) is 19.2. The van der Waals surface area contributed by atoms with E-state index >= 15 is 0 Å². The molecule has 0 spiro atoms. The zero-order valence-corrected chi connectivity index (χ0v) is 16.6. The number of piperidine rings is 1. The number of aromatic nitrogens is 1. The van der Waals surface area contributed by atoms with Gasteiger partial charge in [-0.25, -0.2) is 4.98 Å².